The molecule has 2 aliphatic rings. The molecule has 7 heteroatoms. The van der Waals surface area contributed by atoms with Crippen molar-refractivity contribution in [1.82, 2.24) is 25.4 Å². The van der Waals surface area contributed by atoms with E-state index in [0.29, 0.717) is 6.61 Å². The maximum absolute atomic E-state index is 12.7. The molecule has 0 bridgehead atoms. The van der Waals surface area contributed by atoms with Crippen LogP contribution in [0.15, 0.2) is 0 Å². The second-order valence-electron chi connectivity index (χ2n) is 6.80. The zero-order valence-corrected chi connectivity index (χ0v) is 14.0. The summed E-state index contributed by atoms with van der Waals surface area (Å²) in [6, 6.07) is 0.112. The molecule has 1 aromatic heterocycles. The van der Waals surface area contributed by atoms with Gasteiger partial charge >= 0.3 is 6.03 Å². The standard InChI is InChI=1S/C16H27N5O2/c1-11(2)14-18-15(20-19-14)13-7-3-4-8-21(13)16(22)17-12-6-5-9-23-10-12/h11-13H,3-10H2,1-2H3,(H,17,22)(H,18,19,20)/t12-,13-/m1/s1. The molecule has 0 saturated carbocycles. The van der Waals surface area contributed by atoms with E-state index in [1.807, 2.05) is 4.90 Å². The number of urea groups is 1. The summed E-state index contributed by atoms with van der Waals surface area (Å²) in [6.07, 6.45) is 5.08. The van der Waals surface area contributed by atoms with Crippen LogP contribution in [-0.2, 0) is 4.74 Å². The predicted octanol–water partition coefficient (Wildman–Crippen LogP) is 2.34. The normalized spacial score (nSPS) is 25.6. The van der Waals surface area contributed by atoms with Gasteiger partial charge in [-0.2, -0.15) is 5.10 Å². The van der Waals surface area contributed by atoms with Crippen LogP contribution in [0, 0.1) is 0 Å². The van der Waals surface area contributed by atoms with Gasteiger partial charge in [-0.25, -0.2) is 9.78 Å². The molecule has 2 saturated heterocycles. The van der Waals surface area contributed by atoms with Crippen molar-refractivity contribution in [1.29, 1.82) is 0 Å². The first kappa shape index (κ1) is 16.2. The number of carbonyl (C=O) groups excluding carboxylic acids is 1. The molecule has 0 spiro atoms. The third kappa shape index (κ3) is 3.83. The van der Waals surface area contributed by atoms with Gasteiger partial charge in [-0.1, -0.05) is 13.8 Å². The fourth-order valence-electron chi connectivity index (χ4n) is 3.27. The first-order chi connectivity index (χ1) is 11.1. The Labute approximate surface area is 137 Å². The topological polar surface area (TPSA) is 83.1 Å². The number of hydrogen-bond acceptors (Lipinski definition) is 4. The van der Waals surface area contributed by atoms with Gasteiger partial charge < -0.3 is 15.0 Å². The Kier molecular flexibility index (Phi) is 5.15. The number of ether oxygens (including phenoxy) is 1. The molecule has 0 aliphatic carbocycles. The van der Waals surface area contributed by atoms with Gasteiger partial charge in [0.05, 0.1) is 18.7 Å². The highest BCUT2D eigenvalue weighted by Crippen LogP contribution is 2.29. The number of likely N-dealkylation sites (tertiary alicyclic amines) is 1. The van der Waals surface area contributed by atoms with Crippen LogP contribution in [0.25, 0.3) is 0 Å². The van der Waals surface area contributed by atoms with Crippen LogP contribution in [0.5, 0.6) is 0 Å². The zero-order chi connectivity index (χ0) is 16.2. The van der Waals surface area contributed by atoms with Crippen LogP contribution in [-0.4, -0.2) is 51.9 Å². The van der Waals surface area contributed by atoms with Crippen LogP contribution in [0.2, 0.25) is 0 Å². The molecule has 0 radical (unpaired) electrons. The van der Waals surface area contributed by atoms with Gasteiger partial charge in [0.25, 0.3) is 0 Å². The van der Waals surface area contributed by atoms with Gasteiger partial charge in [0.2, 0.25) is 0 Å². The molecule has 3 heterocycles. The number of hydrogen-bond donors (Lipinski definition) is 2. The lowest BCUT2D eigenvalue weighted by atomic mass is 10.0. The van der Waals surface area contributed by atoms with E-state index in [2.05, 4.69) is 34.3 Å². The van der Waals surface area contributed by atoms with Crippen molar-refractivity contribution < 1.29 is 9.53 Å². The molecule has 2 atom stereocenters. The van der Waals surface area contributed by atoms with Gasteiger partial charge in [0.15, 0.2) is 5.82 Å². The quantitative estimate of drug-likeness (QED) is 0.895. The van der Waals surface area contributed by atoms with E-state index >= 15 is 0 Å². The molecule has 2 amide bonds. The third-order valence-corrected chi connectivity index (χ3v) is 4.60. The number of carbonyl (C=O) groups is 1. The Hall–Kier alpha value is -1.63. The Balaban J connectivity index is 1.68. The summed E-state index contributed by atoms with van der Waals surface area (Å²) in [6.45, 7) is 6.32. The predicted molar refractivity (Wildman–Crippen MR) is 86.1 cm³/mol. The van der Waals surface area contributed by atoms with Crippen LogP contribution in [0.3, 0.4) is 0 Å². The Morgan fingerprint density at radius 2 is 2.22 bits per heavy atom. The van der Waals surface area contributed by atoms with Crippen molar-refractivity contribution in [3.05, 3.63) is 11.6 Å². The molecule has 0 unspecified atom stereocenters. The minimum absolute atomic E-state index is 0.00624. The summed E-state index contributed by atoms with van der Waals surface area (Å²) >= 11 is 0. The molecule has 2 fully saturated rings. The number of aromatic nitrogens is 3. The molecule has 2 aliphatic heterocycles. The molecule has 2 N–H and O–H groups in total. The van der Waals surface area contributed by atoms with E-state index in [1.165, 1.54) is 0 Å². The molecule has 7 nitrogen and oxygen atoms in total. The molecule has 3 rings (SSSR count). The number of nitrogens with zero attached hydrogens (tertiary/aromatic N) is 3. The molecule has 0 aromatic carbocycles. The van der Waals surface area contributed by atoms with Crippen LogP contribution < -0.4 is 5.32 Å². The van der Waals surface area contributed by atoms with E-state index in [1.54, 1.807) is 0 Å². The number of piperidine rings is 1. The monoisotopic (exact) mass is 321 g/mol. The minimum Gasteiger partial charge on any atom is -0.379 e. The summed E-state index contributed by atoms with van der Waals surface area (Å²) in [7, 11) is 0. The van der Waals surface area contributed by atoms with Crippen LogP contribution >= 0.6 is 0 Å². The summed E-state index contributed by atoms with van der Waals surface area (Å²) < 4.78 is 5.45. The van der Waals surface area contributed by atoms with Crippen molar-refractivity contribution in [3.63, 3.8) is 0 Å². The first-order valence-corrected chi connectivity index (χ1v) is 8.72. The lowest BCUT2D eigenvalue weighted by molar-refractivity contribution is 0.0676. The Bertz CT molecular complexity index is 524. The van der Waals surface area contributed by atoms with Crippen molar-refractivity contribution in [3.8, 4) is 0 Å². The second-order valence-corrected chi connectivity index (χ2v) is 6.80. The maximum atomic E-state index is 12.7. The van der Waals surface area contributed by atoms with E-state index in [9.17, 15) is 4.79 Å². The smallest absolute Gasteiger partial charge is 0.318 e. The molecule has 23 heavy (non-hydrogen) atoms. The summed E-state index contributed by atoms with van der Waals surface area (Å²) in [5.74, 6) is 1.90. The first-order valence-electron chi connectivity index (χ1n) is 8.72. The zero-order valence-electron chi connectivity index (χ0n) is 14.0. The third-order valence-electron chi connectivity index (χ3n) is 4.60. The number of aromatic amines is 1. The number of amides is 2. The van der Waals surface area contributed by atoms with E-state index < -0.39 is 0 Å². The average molecular weight is 321 g/mol. The second kappa shape index (κ2) is 7.29. The van der Waals surface area contributed by atoms with Crippen molar-refractivity contribution in [2.24, 2.45) is 0 Å². The summed E-state index contributed by atoms with van der Waals surface area (Å²) in [5, 5.41) is 10.4. The van der Waals surface area contributed by atoms with E-state index in [0.717, 1.165) is 56.9 Å². The summed E-state index contributed by atoms with van der Waals surface area (Å²) in [4.78, 5) is 19.2. The number of rotatable bonds is 3. The van der Waals surface area contributed by atoms with Crippen molar-refractivity contribution in [2.75, 3.05) is 19.8 Å². The van der Waals surface area contributed by atoms with Gasteiger partial charge in [0, 0.05) is 19.1 Å². The number of H-pyrrole nitrogens is 1. The minimum atomic E-state index is -0.00676. The molecular weight excluding hydrogens is 294 g/mol. The fraction of sp³-hybridized carbons (Fsp3) is 0.812. The Morgan fingerprint density at radius 1 is 1.35 bits per heavy atom. The largest absolute Gasteiger partial charge is 0.379 e. The molecular formula is C16H27N5O2. The highest BCUT2D eigenvalue weighted by atomic mass is 16.5. The van der Waals surface area contributed by atoms with Crippen molar-refractivity contribution >= 4 is 6.03 Å². The molecule has 1 aromatic rings. The Morgan fingerprint density at radius 3 is 2.91 bits per heavy atom. The average Bonchev–Trinajstić information content (AvgIpc) is 3.06. The number of nitrogens with one attached hydrogen (secondary N) is 2. The lowest BCUT2D eigenvalue weighted by Crippen LogP contribution is -2.50. The SMILES string of the molecule is CC(C)c1n[nH]c([C@H]2CCCCN2C(=O)N[C@@H]2CCCOC2)n1. The van der Waals surface area contributed by atoms with E-state index in [-0.39, 0.29) is 24.0 Å². The van der Waals surface area contributed by atoms with Gasteiger partial charge in [-0.3, -0.25) is 5.10 Å². The highest BCUT2D eigenvalue weighted by Gasteiger charge is 2.31. The maximum Gasteiger partial charge on any atom is 0.318 e. The lowest BCUT2D eigenvalue weighted by Gasteiger charge is -2.36. The fourth-order valence-corrected chi connectivity index (χ4v) is 3.27. The summed E-state index contributed by atoms with van der Waals surface area (Å²) in [5.41, 5.74) is 0. The van der Waals surface area contributed by atoms with Gasteiger partial charge in [-0.15, -0.1) is 0 Å². The van der Waals surface area contributed by atoms with Gasteiger partial charge in [-0.05, 0) is 32.1 Å². The van der Waals surface area contributed by atoms with E-state index in [4.69, 9.17) is 4.74 Å². The van der Waals surface area contributed by atoms with Crippen molar-refractivity contribution in [2.45, 2.75) is 64.0 Å². The van der Waals surface area contributed by atoms with Crippen LogP contribution in [0.4, 0.5) is 4.79 Å². The van der Waals surface area contributed by atoms with Gasteiger partial charge in [0.1, 0.15) is 5.82 Å². The highest BCUT2D eigenvalue weighted by molar-refractivity contribution is 5.75. The molecule has 128 valence electrons. The van der Waals surface area contributed by atoms with Crippen LogP contribution in [0.1, 0.15) is 69.6 Å².